The predicted molar refractivity (Wildman–Crippen MR) is 160 cm³/mol. The molecular weight excluding hydrogens is 588 g/mol. The lowest BCUT2D eigenvalue weighted by Crippen LogP contribution is -2.50. The number of anilines is 1. The topological polar surface area (TPSA) is 70.7 Å². The smallest absolute Gasteiger partial charge is 0.412 e. The van der Waals surface area contributed by atoms with Crippen molar-refractivity contribution >= 4 is 52.5 Å². The van der Waals surface area contributed by atoms with Gasteiger partial charge in [-0.1, -0.05) is 53.0 Å². The lowest BCUT2D eigenvalue weighted by atomic mass is 9.81. The molecule has 0 aromatic heterocycles. The number of rotatable bonds is 8. The van der Waals surface area contributed by atoms with Gasteiger partial charge < -0.3 is 15.0 Å². The minimum Gasteiger partial charge on any atom is -0.438 e. The number of nitrogens with one attached hydrogen (secondary N) is 2. The average Bonchev–Trinajstić information content (AvgIpc) is 2.95. The summed E-state index contributed by atoms with van der Waals surface area (Å²) >= 11 is 18.5. The van der Waals surface area contributed by atoms with Crippen LogP contribution in [0.5, 0.6) is 0 Å². The molecule has 0 bridgehead atoms. The summed E-state index contributed by atoms with van der Waals surface area (Å²) in [5.41, 5.74) is 2.18. The maximum Gasteiger partial charge on any atom is 0.412 e. The van der Waals surface area contributed by atoms with E-state index >= 15 is 0 Å². The Morgan fingerprint density at radius 1 is 1.02 bits per heavy atom. The van der Waals surface area contributed by atoms with Crippen LogP contribution < -0.4 is 10.6 Å². The first kappa shape index (κ1) is 29.6. The Labute approximate surface area is 254 Å². The molecule has 6 nitrogen and oxygen atoms in total. The third-order valence-corrected chi connectivity index (χ3v) is 9.13. The molecule has 2 aliphatic heterocycles. The van der Waals surface area contributed by atoms with Crippen molar-refractivity contribution < 1.29 is 18.7 Å². The fraction of sp³-hybridized carbons (Fsp3) is 0.355. The molecule has 5 rings (SSSR count). The number of carbonyl (C=O) groups is 2. The van der Waals surface area contributed by atoms with Crippen LogP contribution in [-0.4, -0.2) is 36.0 Å². The van der Waals surface area contributed by atoms with Gasteiger partial charge in [0.05, 0.1) is 21.7 Å². The molecule has 2 amide bonds. The van der Waals surface area contributed by atoms with Gasteiger partial charge in [0.15, 0.2) is 0 Å². The first-order valence-electron chi connectivity index (χ1n) is 13.6. The molecule has 10 heteroatoms. The minimum atomic E-state index is -0.847. The third-order valence-electron chi connectivity index (χ3n) is 8.14. The van der Waals surface area contributed by atoms with Crippen LogP contribution in [0.1, 0.15) is 55.2 Å². The van der Waals surface area contributed by atoms with Crippen LogP contribution in [0, 0.1) is 5.82 Å². The second kappa shape index (κ2) is 12.6. The van der Waals surface area contributed by atoms with E-state index in [0.717, 1.165) is 17.5 Å². The number of amides is 2. The van der Waals surface area contributed by atoms with Crippen LogP contribution in [0.15, 0.2) is 60.7 Å². The number of piperidine rings is 1. The number of hydrogen-bond donors (Lipinski definition) is 2. The van der Waals surface area contributed by atoms with Gasteiger partial charge in [-0.05, 0) is 73.4 Å². The molecule has 2 unspecified atom stereocenters. The van der Waals surface area contributed by atoms with Crippen molar-refractivity contribution in [3.63, 3.8) is 0 Å². The van der Waals surface area contributed by atoms with Crippen molar-refractivity contribution in [2.75, 3.05) is 18.4 Å². The number of carbonyl (C=O) groups excluding carboxylic acids is 2. The number of halogens is 4. The summed E-state index contributed by atoms with van der Waals surface area (Å²) in [6, 6.07) is 17.2. The first-order chi connectivity index (χ1) is 19.6. The van der Waals surface area contributed by atoms with E-state index in [-0.39, 0.29) is 17.8 Å². The van der Waals surface area contributed by atoms with Gasteiger partial charge in [-0.25, -0.2) is 9.18 Å². The van der Waals surface area contributed by atoms with Crippen molar-refractivity contribution in [3.05, 3.63) is 98.2 Å². The van der Waals surface area contributed by atoms with Crippen LogP contribution in [-0.2, 0) is 21.7 Å². The van der Waals surface area contributed by atoms with Gasteiger partial charge in [0.25, 0.3) is 0 Å². The Bertz CT molecular complexity index is 1430. The van der Waals surface area contributed by atoms with E-state index in [4.69, 9.17) is 39.5 Å². The van der Waals surface area contributed by atoms with Gasteiger partial charge >= 0.3 is 6.09 Å². The molecule has 1 fully saturated rings. The molecule has 1 saturated heterocycles. The summed E-state index contributed by atoms with van der Waals surface area (Å²) < 4.78 is 19.9. The fourth-order valence-electron chi connectivity index (χ4n) is 5.75. The van der Waals surface area contributed by atoms with E-state index < -0.39 is 17.6 Å². The van der Waals surface area contributed by atoms with Crippen LogP contribution >= 0.6 is 34.8 Å². The highest BCUT2D eigenvalue weighted by Crippen LogP contribution is 2.44. The minimum absolute atomic E-state index is 0.0941. The predicted octanol–water partition coefficient (Wildman–Crippen LogP) is 7.91. The summed E-state index contributed by atoms with van der Waals surface area (Å²) in [5, 5.41) is 7.22. The standard InChI is InChI=1S/C31H31Cl3FN3O3/c1-19(38-14-12-31(13-15-38)25-17-23(35)8-11-28(25)37-30(40)41-31)2-9-24(21-5-10-26(33)27(34)16-21)29(39)36-18-20-3-6-22(32)7-4-20/h3-8,10-11,16-17,19,24H,2,9,12-15,18H2,1H3,(H,36,39)(H,37,40). The number of ether oxygens (including phenoxy) is 1. The van der Waals surface area contributed by atoms with Crippen molar-refractivity contribution in [3.8, 4) is 0 Å². The number of fused-ring (bicyclic) bond motifs is 2. The molecule has 3 aromatic carbocycles. The Morgan fingerprint density at radius 2 is 1.76 bits per heavy atom. The van der Waals surface area contributed by atoms with E-state index in [1.54, 1.807) is 30.3 Å². The number of likely N-dealkylation sites (tertiary alicyclic amines) is 1. The van der Waals surface area contributed by atoms with Gasteiger partial charge in [-0.3, -0.25) is 10.1 Å². The molecule has 3 aromatic rings. The molecule has 2 atom stereocenters. The maximum absolute atomic E-state index is 14.1. The van der Waals surface area contributed by atoms with E-state index in [1.165, 1.54) is 12.1 Å². The third kappa shape index (κ3) is 6.81. The highest BCUT2D eigenvalue weighted by Gasteiger charge is 2.45. The Hall–Kier alpha value is -2.84. The zero-order valence-electron chi connectivity index (χ0n) is 22.6. The molecule has 216 valence electrons. The van der Waals surface area contributed by atoms with E-state index in [0.29, 0.717) is 65.2 Å². The van der Waals surface area contributed by atoms with E-state index in [2.05, 4.69) is 22.5 Å². The van der Waals surface area contributed by atoms with Crippen LogP contribution in [0.2, 0.25) is 15.1 Å². The second-order valence-electron chi connectivity index (χ2n) is 10.7. The summed E-state index contributed by atoms with van der Waals surface area (Å²) in [7, 11) is 0. The Morgan fingerprint density at radius 3 is 2.46 bits per heavy atom. The molecule has 0 aliphatic carbocycles. The van der Waals surface area contributed by atoms with Crippen LogP contribution in [0.3, 0.4) is 0 Å². The zero-order valence-corrected chi connectivity index (χ0v) is 24.8. The van der Waals surface area contributed by atoms with Crippen LogP contribution in [0.4, 0.5) is 14.9 Å². The zero-order chi connectivity index (χ0) is 29.1. The number of benzene rings is 3. The number of nitrogens with zero attached hydrogens (tertiary/aromatic N) is 1. The van der Waals surface area contributed by atoms with E-state index in [9.17, 15) is 14.0 Å². The van der Waals surface area contributed by atoms with Crippen molar-refractivity contribution in [1.82, 2.24) is 10.2 Å². The largest absolute Gasteiger partial charge is 0.438 e. The van der Waals surface area contributed by atoms with E-state index in [1.807, 2.05) is 18.2 Å². The highest BCUT2D eigenvalue weighted by molar-refractivity contribution is 6.42. The Balaban J connectivity index is 1.25. The van der Waals surface area contributed by atoms with Crippen molar-refractivity contribution in [1.29, 1.82) is 0 Å². The SMILES string of the molecule is CC(CCC(C(=O)NCc1ccc(Cl)cc1)c1ccc(Cl)c(Cl)c1)N1CCC2(CC1)OC(=O)Nc1ccc(F)cc12. The summed E-state index contributed by atoms with van der Waals surface area (Å²) in [5.74, 6) is -0.874. The Kier molecular flexibility index (Phi) is 9.09. The van der Waals surface area contributed by atoms with Crippen molar-refractivity contribution in [2.24, 2.45) is 0 Å². The molecule has 1 spiro atoms. The van der Waals surface area contributed by atoms with Gasteiger partial charge in [0.2, 0.25) is 5.91 Å². The molecule has 2 aliphatic rings. The molecular formula is C31H31Cl3FN3O3. The first-order valence-corrected chi connectivity index (χ1v) is 14.8. The van der Waals surface area contributed by atoms with Gasteiger partial charge in [-0.15, -0.1) is 0 Å². The molecule has 2 N–H and O–H groups in total. The lowest BCUT2D eigenvalue weighted by Gasteiger charge is -2.45. The summed E-state index contributed by atoms with van der Waals surface area (Å²) in [6.45, 7) is 3.86. The molecule has 2 heterocycles. The molecule has 0 radical (unpaired) electrons. The van der Waals surface area contributed by atoms with Gasteiger partial charge in [0.1, 0.15) is 11.4 Å². The van der Waals surface area contributed by atoms with Crippen molar-refractivity contribution in [2.45, 2.75) is 56.7 Å². The number of hydrogen-bond acceptors (Lipinski definition) is 4. The monoisotopic (exact) mass is 617 g/mol. The van der Waals surface area contributed by atoms with Gasteiger partial charge in [-0.2, -0.15) is 0 Å². The van der Waals surface area contributed by atoms with Crippen LogP contribution in [0.25, 0.3) is 0 Å². The molecule has 41 heavy (non-hydrogen) atoms. The molecule has 0 saturated carbocycles. The second-order valence-corrected chi connectivity index (χ2v) is 12.0. The lowest BCUT2D eigenvalue weighted by molar-refractivity contribution is -0.123. The van der Waals surface area contributed by atoms with Gasteiger partial charge in [0, 0.05) is 49.1 Å². The quantitative estimate of drug-likeness (QED) is 0.269. The highest BCUT2D eigenvalue weighted by atomic mass is 35.5. The normalized spacial score (nSPS) is 17.7. The average molecular weight is 619 g/mol. The fourth-order valence-corrected chi connectivity index (χ4v) is 6.18. The maximum atomic E-state index is 14.1. The summed E-state index contributed by atoms with van der Waals surface area (Å²) in [6.07, 6.45) is 1.94. The summed E-state index contributed by atoms with van der Waals surface area (Å²) in [4.78, 5) is 28.0.